The molecule has 30 heavy (non-hydrogen) atoms. The van der Waals surface area contributed by atoms with Gasteiger partial charge < -0.3 is 9.47 Å². The third-order valence-electron chi connectivity index (χ3n) is 4.89. The Labute approximate surface area is 181 Å². The second-order valence-electron chi connectivity index (χ2n) is 8.86. The molecule has 1 saturated heterocycles. The number of methoxy groups -OCH3 is 1. The first-order valence-electron chi connectivity index (χ1n) is 11.0. The minimum absolute atomic E-state index is 0.0364. The van der Waals surface area contributed by atoms with Crippen LogP contribution >= 0.6 is 0 Å². The largest absolute Gasteiger partial charge is 0.467 e. The first kappa shape index (κ1) is 26.7. The van der Waals surface area contributed by atoms with Crippen LogP contribution in [0.25, 0.3) is 0 Å². The third kappa shape index (κ3) is 10.1. The van der Waals surface area contributed by atoms with Crippen molar-refractivity contribution in [2.45, 2.75) is 103 Å². The second-order valence-corrected chi connectivity index (χ2v) is 10.6. The van der Waals surface area contributed by atoms with E-state index in [-0.39, 0.29) is 18.7 Å². The summed E-state index contributed by atoms with van der Waals surface area (Å²) in [6.07, 6.45) is 6.97. The molecule has 2 atom stereocenters. The Morgan fingerprint density at radius 3 is 2.10 bits per heavy atom. The molecule has 0 radical (unpaired) electrons. The zero-order valence-corrected chi connectivity index (χ0v) is 20.0. The van der Waals surface area contributed by atoms with E-state index >= 15 is 0 Å². The molecular weight excluding hydrogens is 410 g/mol. The van der Waals surface area contributed by atoms with Gasteiger partial charge in [0.05, 0.1) is 25.5 Å². The lowest BCUT2D eigenvalue weighted by Crippen LogP contribution is -2.44. The lowest BCUT2D eigenvalue weighted by atomic mass is 10.1. The highest BCUT2D eigenvalue weighted by Gasteiger charge is 2.44. The average Bonchev–Trinajstić information content (AvgIpc) is 3.05. The molecule has 0 saturated carbocycles. The van der Waals surface area contributed by atoms with Crippen LogP contribution in [0.1, 0.15) is 85.5 Å². The number of hydrogen-bond donors (Lipinski definition) is 0. The van der Waals surface area contributed by atoms with Gasteiger partial charge in [-0.25, -0.2) is 9.59 Å². The normalized spacial score (nSPS) is 19.7. The van der Waals surface area contributed by atoms with Gasteiger partial charge >= 0.3 is 12.1 Å². The molecule has 0 aromatic heterocycles. The number of likely N-dealkylation sites (tertiary alicyclic amines) is 1. The second kappa shape index (κ2) is 12.5. The molecule has 1 aliphatic heterocycles. The van der Waals surface area contributed by atoms with Crippen molar-refractivity contribution in [3.05, 3.63) is 0 Å². The molecule has 0 N–H and O–H groups in total. The molecule has 0 unspecified atom stereocenters. The average molecular weight is 450 g/mol. The smallest absolute Gasteiger partial charge is 0.411 e. The van der Waals surface area contributed by atoms with E-state index in [1.807, 2.05) is 0 Å². The zero-order valence-electron chi connectivity index (χ0n) is 19.1. The highest BCUT2D eigenvalue weighted by molar-refractivity contribution is 7.86. The summed E-state index contributed by atoms with van der Waals surface area (Å²) in [6.45, 7) is 7.30. The summed E-state index contributed by atoms with van der Waals surface area (Å²) in [5.41, 5.74) is -0.737. The van der Waals surface area contributed by atoms with Crippen molar-refractivity contribution in [2.75, 3.05) is 19.4 Å². The summed E-state index contributed by atoms with van der Waals surface area (Å²) in [6, 6.07) is -0.923. The molecule has 1 aliphatic rings. The quantitative estimate of drug-likeness (QED) is 0.252. The maximum absolute atomic E-state index is 12.4. The number of carbonyl (C=O) groups is 2. The Morgan fingerprint density at radius 1 is 1.00 bits per heavy atom. The fourth-order valence-corrected chi connectivity index (χ4v) is 4.63. The van der Waals surface area contributed by atoms with Crippen LogP contribution in [-0.2, 0) is 28.6 Å². The maximum Gasteiger partial charge on any atom is 0.411 e. The SMILES string of the molecule is CCCCCCCCCCS(=O)(=O)O[C@@H]1C[C@H](C(=O)OC)N(C(=O)OC(C)(C)C)C1. The van der Waals surface area contributed by atoms with Gasteiger partial charge in [0, 0.05) is 6.42 Å². The summed E-state index contributed by atoms with van der Waals surface area (Å²) in [7, 11) is -2.51. The molecular formula is C21H39NO7S. The number of carbonyl (C=O) groups excluding carboxylic acids is 2. The molecule has 0 aliphatic carbocycles. The minimum Gasteiger partial charge on any atom is -0.467 e. The highest BCUT2D eigenvalue weighted by atomic mass is 32.2. The van der Waals surface area contributed by atoms with Crippen LogP contribution in [0.5, 0.6) is 0 Å². The summed E-state index contributed by atoms with van der Waals surface area (Å²) in [4.78, 5) is 25.7. The molecule has 1 amide bonds. The van der Waals surface area contributed by atoms with Crippen LogP contribution in [0.15, 0.2) is 0 Å². The number of amides is 1. The molecule has 0 aromatic carbocycles. The van der Waals surface area contributed by atoms with E-state index in [1.54, 1.807) is 20.8 Å². The molecule has 0 spiro atoms. The number of esters is 1. The van der Waals surface area contributed by atoms with E-state index in [0.29, 0.717) is 6.42 Å². The number of rotatable bonds is 12. The monoisotopic (exact) mass is 449 g/mol. The summed E-state index contributed by atoms with van der Waals surface area (Å²) >= 11 is 0. The predicted molar refractivity (Wildman–Crippen MR) is 115 cm³/mol. The van der Waals surface area contributed by atoms with Crippen molar-refractivity contribution in [3.8, 4) is 0 Å². The van der Waals surface area contributed by atoms with Crippen molar-refractivity contribution < 1.29 is 31.7 Å². The molecule has 8 nitrogen and oxygen atoms in total. The fraction of sp³-hybridized carbons (Fsp3) is 0.905. The van der Waals surface area contributed by atoms with Gasteiger partial charge in [0.25, 0.3) is 10.1 Å². The van der Waals surface area contributed by atoms with Gasteiger partial charge in [-0.1, -0.05) is 51.9 Å². The summed E-state index contributed by atoms with van der Waals surface area (Å²) < 4.78 is 40.1. The molecule has 9 heteroatoms. The number of nitrogens with zero attached hydrogens (tertiary/aromatic N) is 1. The van der Waals surface area contributed by atoms with Crippen LogP contribution in [0, 0.1) is 0 Å². The van der Waals surface area contributed by atoms with Gasteiger partial charge in [-0.15, -0.1) is 0 Å². The zero-order chi connectivity index (χ0) is 22.8. The van der Waals surface area contributed by atoms with Gasteiger partial charge in [0.2, 0.25) is 0 Å². The van der Waals surface area contributed by atoms with Gasteiger partial charge in [-0.05, 0) is 27.2 Å². The van der Waals surface area contributed by atoms with Crippen molar-refractivity contribution in [3.63, 3.8) is 0 Å². The molecule has 1 fully saturated rings. The van der Waals surface area contributed by atoms with Crippen LogP contribution in [0.4, 0.5) is 4.79 Å². The Hall–Kier alpha value is -1.35. The number of unbranched alkanes of at least 4 members (excludes halogenated alkanes) is 7. The first-order chi connectivity index (χ1) is 14.0. The molecule has 0 aromatic rings. The number of ether oxygens (including phenoxy) is 2. The van der Waals surface area contributed by atoms with Gasteiger partial charge in [-0.3, -0.25) is 9.08 Å². The first-order valence-corrected chi connectivity index (χ1v) is 12.5. The Balaban J connectivity index is 2.52. The standard InChI is InChI=1S/C21H39NO7S/c1-6-7-8-9-10-11-12-13-14-30(25,26)29-17-15-18(19(23)27-5)22(16-17)20(24)28-21(2,3)4/h17-18H,6-16H2,1-5H3/t17-,18-/m1/s1. The summed E-state index contributed by atoms with van der Waals surface area (Å²) in [5.74, 6) is -0.680. The van der Waals surface area contributed by atoms with E-state index in [4.69, 9.17) is 13.7 Å². The van der Waals surface area contributed by atoms with E-state index < -0.39 is 39.9 Å². The van der Waals surface area contributed by atoms with Crippen molar-refractivity contribution in [2.24, 2.45) is 0 Å². The Kier molecular flexibility index (Phi) is 11.1. The van der Waals surface area contributed by atoms with Crippen LogP contribution in [-0.4, -0.2) is 62.5 Å². The van der Waals surface area contributed by atoms with Crippen LogP contribution in [0.3, 0.4) is 0 Å². The Bertz CT molecular complexity index is 642. The van der Waals surface area contributed by atoms with Crippen molar-refractivity contribution >= 4 is 22.2 Å². The molecule has 1 heterocycles. The fourth-order valence-electron chi connectivity index (χ4n) is 3.42. The molecule has 1 rings (SSSR count). The van der Waals surface area contributed by atoms with E-state index in [9.17, 15) is 18.0 Å². The minimum atomic E-state index is -3.74. The maximum atomic E-state index is 12.4. The lowest BCUT2D eigenvalue weighted by Gasteiger charge is -2.27. The van der Waals surface area contributed by atoms with Gasteiger partial charge in [0.15, 0.2) is 0 Å². The van der Waals surface area contributed by atoms with Crippen molar-refractivity contribution in [1.82, 2.24) is 4.90 Å². The van der Waals surface area contributed by atoms with Crippen LogP contribution in [0.2, 0.25) is 0 Å². The van der Waals surface area contributed by atoms with E-state index in [1.165, 1.54) is 37.7 Å². The number of hydrogen-bond acceptors (Lipinski definition) is 7. The predicted octanol–water partition coefficient (Wildman–Crippen LogP) is 4.02. The lowest BCUT2D eigenvalue weighted by molar-refractivity contribution is -0.145. The van der Waals surface area contributed by atoms with Crippen molar-refractivity contribution in [1.29, 1.82) is 0 Å². The van der Waals surface area contributed by atoms with Gasteiger partial charge in [0.1, 0.15) is 11.6 Å². The van der Waals surface area contributed by atoms with Gasteiger partial charge in [-0.2, -0.15) is 8.42 Å². The summed E-state index contributed by atoms with van der Waals surface area (Å²) in [5, 5.41) is 0. The molecule has 0 bridgehead atoms. The van der Waals surface area contributed by atoms with Crippen LogP contribution < -0.4 is 0 Å². The van der Waals surface area contributed by atoms with E-state index in [2.05, 4.69) is 6.92 Å². The highest BCUT2D eigenvalue weighted by Crippen LogP contribution is 2.25. The Morgan fingerprint density at radius 2 is 1.57 bits per heavy atom. The third-order valence-corrected chi connectivity index (χ3v) is 6.25. The van der Waals surface area contributed by atoms with E-state index in [0.717, 1.165) is 19.3 Å². The topological polar surface area (TPSA) is 99.2 Å². The molecule has 176 valence electrons.